The average molecular weight is 282 g/mol. The number of hydrogen-bond donors (Lipinski definition) is 0. The predicted molar refractivity (Wildman–Crippen MR) is 91.1 cm³/mol. The lowest BCUT2D eigenvalue weighted by Gasteiger charge is -2.25. The maximum absolute atomic E-state index is 4.11. The molecular weight excluding hydrogens is 260 g/mol. The zero-order valence-corrected chi connectivity index (χ0v) is 14.0. The van der Waals surface area contributed by atoms with Crippen LogP contribution >= 0.6 is 0 Å². The molecule has 2 aromatic rings. The van der Waals surface area contributed by atoms with Crippen molar-refractivity contribution in [2.45, 2.75) is 19.6 Å². The first kappa shape index (κ1) is 14.0. The van der Waals surface area contributed by atoms with Gasteiger partial charge < -0.3 is 0 Å². The van der Waals surface area contributed by atoms with Crippen molar-refractivity contribution >= 4 is 32.4 Å². The Bertz CT molecular complexity index is 543. The third kappa shape index (κ3) is 2.80. The molecule has 0 fully saturated rings. The van der Waals surface area contributed by atoms with Gasteiger partial charge in [0.15, 0.2) is 0 Å². The highest BCUT2D eigenvalue weighted by Crippen LogP contribution is 2.06. The highest BCUT2D eigenvalue weighted by Gasteiger charge is 2.27. The molecule has 2 aromatic carbocycles. The molecule has 1 radical (unpaired) electrons. The van der Waals surface area contributed by atoms with Crippen LogP contribution in [0.15, 0.2) is 66.9 Å². The first-order valence-electron chi connectivity index (χ1n) is 6.68. The number of hydrogen-bond acceptors (Lipinski definition) is 0. The van der Waals surface area contributed by atoms with Crippen LogP contribution in [0.5, 0.6) is 0 Å². The molecule has 0 N–H and O–H groups in total. The van der Waals surface area contributed by atoms with Crippen LogP contribution in [-0.2, 0) is 0 Å². The summed E-state index contributed by atoms with van der Waals surface area (Å²) in [6, 6.07) is 20.0. The fraction of sp³-hybridized carbons (Fsp3) is 0.176. The molecular formula is C17H21Si2. The van der Waals surface area contributed by atoms with Crippen molar-refractivity contribution in [2.75, 3.05) is 0 Å². The molecule has 0 nitrogen and oxygen atoms in total. The second-order valence-corrected chi connectivity index (χ2v) is 11.9. The molecule has 0 bridgehead atoms. The van der Waals surface area contributed by atoms with Gasteiger partial charge in [-0.25, -0.2) is 0 Å². The SMILES string of the molecule is C=C[Si](C)(c1ccccc1)c1ccc([Si](C)C)cc1. The summed E-state index contributed by atoms with van der Waals surface area (Å²) in [6.07, 6.45) is 0. The van der Waals surface area contributed by atoms with Crippen LogP contribution in [0.4, 0.5) is 0 Å². The molecule has 0 aliphatic heterocycles. The molecule has 0 heterocycles. The van der Waals surface area contributed by atoms with Crippen LogP contribution in [0, 0.1) is 0 Å². The van der Waals surface area contributed by atoms with E-state index in [1.54, 1.807) is 0 Å². The average Bonchev–Trinajstić information content (AvgIpc) is 2.47. The number of rotatable bonds is 4. The van der Waals surface area contributed by atoms with E-state index in [9.17, 15) is 0 Å². The van der Waals surface area contributed by atoms with Crippen molar-refractivity contribution < 1.29 is 0 Å². The summed E-state index contributed by atoms with van der Waals surface area (Å²) >= 11 is 0. The van der Waals surface area contributed by atoms with Crippen molar-refractivity contribution in [1.29, 1.82) is 0 Å². The molecule has 19 heavy (non-hydrogen) atoms. The second kappa shape index (κ2) is 5.72. The lowest BCUT2D eigenvalue weighted by atomic mass is 10.4. The van der Waals surface area contributed by atoms with E-state index < -0.39 is 8.07 Å². The van der Waals surface area contributed by atoms with Gasteiger partial charge in [0.2, 0.25) is 0 Å². The van der Waals surface area contributed by atoms with Gasteiger partial charge in [0.25, 0.3) is 0 Å². The van der Waals surface area contributed by atoms with Crippen LogP contribution in [0.3, 0.4) is 0 Å². The molecule has 0 aromatic heterocycles. The molecule has 1 atom stereocenters. The van der Waals surface area contributed by atoms with Crippen molar-refractivity contribution in [3.05, 3.63) is 66.9 Å². The van der Waals surface area contributed by atoms with E-state index in [1.165, 1.54) is 15.6 Å². The van der Waals surface area contributed by atoms with Gasteiger partial charge in [-0.1, -0.05) is 95.5 Å². The molecule has 0 aliphatic rings. The standard InChI is InChI=1S/C17H21Si2/c1-5-19(4,16-9-7-6-8-10-16)17-13-11-15(12-14-17)18(2)3/h5-14H,1H2,2-4H3. The van der Waals surface area contributed by atoms with E-state index in [-0.39, 0.29) is 8.80 Å². The summed E-state index contributed by atoms with van der Waals surface area (Å²) in [7, 11) is -2.11. The molecule has 2 heteroatoms. The zero-order chi connectivity index (χ0) is 13.9. The Morgan fingerprint density at radius 3 is 1.89 bits per heavy atom. The third-order valence-corrected chi connectivity index (χ3v) is 9.21. The largest absolute Gasteiger partial charge is 0.137 e. The van der Waals surface area contributed by atoms with Crippen molar-refractivity contribution in [3.8, 4) is 0 Å². The van der Waals surface area contributed by atoms with E-state index in [2.05, 4.69) is 86.5 Å². The van der Waals surface area contributed by atoms with Gasteiger partial charge in [0, 0.05) is 0 Å². The Morgan fingerprint density at radius 2 is 1.42 bits per heavy atom. The van der Waals surface area contributed by atoms with Crippen molar-refractivity contribution in [2.24, 2.45) is 0 Å². The van der Waals surface area contributed by atoms with Crippen LogP contribution in [0.25, 0.3) is 0 Å². The van der Waals surface area contributed by atoms with Gasteiger partial charge in [0.1, 0.15) is 8.07 Å². The van der Waals surface area contributed by atoms with E-state index in [4.69, 9.17) is 0 Å². The zero-order valence-electron chi connectivity index (χ0n) is 12.0. The van der Waals surface area contributed by atoms with Crippen LogP contribution in [-0.4, -0.2) is 16.9 Å². The maximum Gasteiger partial charge on any atom is 0.137 e. The molecule has 0 spiro atoms. The topological polar surface area (TPSA) is 0 Å². The van der Waals surface area contributed by atoms with Crippen LogP contribution < -0.4 is 15.6 Å². The third-order valence-electron chi connectivity index (χ3n) is 3.84. The Morgan fingerprint density at radius 1 is 0.895 bits per heavy atom. The minimum absolute atomic E-state index is 0.355. The van der Waals surface area contributed by atoms with Gasteiger partial charge >= 0.3 is 0 Å². The number of benzene rings is 2. The smallest absolute Gasteiger partial charge is 0.106 e. The summed E-state index contributed by atoms with van der Waals surface area (Å²) in [5.74, 6) is 0. The van der Waals surface area contributed by atoms with Crippen LogP contribution in [0.1, 0.15) is 0 Å². The minimum Gasteiger partial charge on any atom is -0.106 e. The summed E-state index contributed by atoms with van der Waals surface area (Å²) in [5.41, 5.74) is 2.18. The summed E-state index contributed by atoms with van der Waals surface area (Å²) in [4.78, 5) is 0. The molecule has 1 unspecified atom stereocenters. The fourth-order valence-corrected chi connectivity index (χ4v) is 5.72. The van der Waals surface area contributed by atoms with Gasteiger partial charge in [0.05, 0.1) is 8.80 Å². The molecule has 0 saturated heterocycles. The van der Waals surface area contributed by atoms with E-state index in [1.807, 2.05) is 0 Å². The maximum atomic E-state index is 4.11. The van der Waals surface area contributed by atoms with E-state index in [0.717, 1.165) is 0 Å². The molecule has 0 amide bonds. The Labute approximate surface area is 119 Å². The van der Waals surface area contributed by atoms with E-state index in [0.29, 0.717) is 0 Å². The summed E-state index contributed by atoms with van der Waals surface area (Å²) in [6.45, 7) is 11.1. The van der Waals surface area contributed by atoms with Gasteiger partial charge in [-0.3, -0.25) is 0 Å². The molecule has 0 saturated carbocycles. The van der Waals surface area contributed by atoms with Gasteiger partial charge in [-0.05, 0) is 0 Å². The molecule has 2 rings (SSSR count). The minimum atomic E-state index is -1.76. The van der Waals surface area contributed by atoms with E-state index >= 15 is 0 Å². The normalized spacial score (nSPS) is 14.1. The first-order valence-corrected chi connectivity index (χ1v) is 11.8. The molecule has 97 valence electrons. The van der Waals surface area contributed by atoms with Crippen molar-refractivity contribution in [3.63, 3.8) is 0 Å². The molecule has 0 aliphatic carbocycles. The Kier molecular flexibility index (Phi) is 4.22. The lowest BCUT2D eigenvalue weighted by molar-refractivity contribution is 1.70. The summed E-state index contributed by atoms with van der Waals surface area (Å²) < 4.78 is 0. The van der Waals surface area contributed by atoms with Crippen LogP contribution in [0.2, 0.25) is 19.6 Å². The first-order chi connectivity index (χ1) is 9.08. The lowest BCUT2D eigenvalue weighted by Crippen LogP contribution is -2.54. The van der Waals surface area contributed by atoms with Gasteiger partial charge in [-0.15, -0.1) is 6.58 Å². The highest BCUT2D eigenvalue weighted by molar-refractivity contribution is 7.05. The second-order valence-electron chi connectivity index (χ2n) is 5.35. The predicted octanol–water partition coefficient (Wildman–Crippen LogP) is 2.57. The fourth-order valence-electron chi connectivity index (χ4n) is 2.34. The Balaban J connectivity index is 2.44. The van der Waals surface area contributed by atoms with Gasteiger partial charge in [-0.2, -0.15) is 0 Å². The summed E-state index contributed by atoms with van der Waals surface area (Å²) in [5, 5.41) is 4.37. The van der Waals surface area contributed by atoms with Crippen molar-refractivity contribution in [1.82, 2.24) is 0 Å². The highest BCUT2D eigenvalue weighted by atomic mass is 28.3. The quantitative estimate of drug-likeness (QED) is 0.756. The monoisotopic (exact) mass is 281 g/mol. The Hall–Kier alpha value is -1.39.